The maximum atomic E-state index is 12.6. The molecule has 1 N–H and O–H groups in total. The molecule has 0 aromatic heterocycles. The van der Waals surface area contributed by atoms with Crippen LogP contribution in [0.1, 0.15) is 58.2 Å². The van der Waals surface area contributed by atoms with Crippen molar-refractivity contribution in [2.24, 2.45) is 4.99 Å². The molecule has 2 aromatic rings. The monoisotopic (exact) mass is 335 g/mol. The van der Waals surface area contributed by atoms with Gasteiger partial charge in [0.2, 0.25) is 0 Å². The van der Waals surface area contributed by atoms with Gasteiger partial charge in [-0.05, 0) is 34.6 Å². The Morgan fingerprint density at radius 2 is 1.40 bits per heavy atom. The molecule has 1 heterocycles. The van der Waals surface area contributed by atoms with Crippen LogP contribution in [0.25, 0.3) is 5.57 Å². The number of hydrogen-bond donors (Lipinski definition) is 1. The molecule has 0 atom stereocenters. The summed E-state index contributed by atoms with van der Waals surface area (Å²) >= 11 is 0. The minimum atomic E-state index is -0.237. The van der Waals surface area contributed by atoms with E-state index in [0.717, 1.165) is 21.9 Å². The third kappa shape index (κ3) is 2.99. The highest BCUT2D eigenvalue weighted by molar-refractivity contribution is 6.21. The van der Waals surface area contributed by atoms with E-state index < -0.39 is 0 Å². The number of amides is 1. The Kier molecular flexibility index (Phi) is 3.86. The van der Waals surface area contributed by atoms with Gasteiger partial charge in [0.15, 0.2) is 0 Å². The zero-order valence-corrected chi connectivity index (χ0v) is 15.8. The van der Waals surface area contributed by atoms with Crippen LogP contribution in [0.15, 0.2) is 41.4 Å². The van der Waals surface area contributed by atoms with Gasteiger partial charge in [-0.1, -0.05) is 59.7 Å². The number of nitrogens with zero attached hydrogens (tertiary/aromatic N) is 1. The van der Waals surface area contributed by atoms with E-state index in [-0.39, 0.29) is 16.7 Å². The lowest BCUT2D eigenvalue weighted by molar-refractivity contribution is -0.112. The molecule has 0 unspecified atom stereocenters. The number of fused-ring (bicyclic) bond motifs is 1. The number of phenolic OH excluding ortho intramolecular Hbond substituents is 1. The van der Waals surface area contributed by atoms with Gasteiger partial charge in [-0.25, -0.2) is 4.99 Å². The molecule has 25 heavy (non-hydrogen) atoms. The molecule has 2 aromatic carbocycles. The third-order valence-corrected chi connectivity index (χ3v) is 4.62. The maximum absolute atomic E-state index is 12.6. The zero-order valence-electron chi connectivity index (χ0n) is 15.8. The SMILES string of the molecule is CC(C)(C)c1cc(C2=c3ccccc3=NC2=O)cc(C(C)(C)C)c1O. The van der Waals surface area contributed by atoms with Crippen molar-refractivity contribution in [1.29, 1.82) is 0 Å². The number of rotatable bonds is 1. The quantitative estimate of drug-likeness (QED) is 0.869. The van der Waals surface area contributed by atoms with Gasteiger partial charge in [0.05, 0.1) is 10.9 Å². The van der Waals surface area contributed by atoms with Crippen LogP contribution in [0.5, 0.6) is 5.75 Å². The molecule has 0 radical (unpaired) electrons. The molecule has 0 fully saturated rings. The van der Waals surface area contributed by atoms with Crippen LogP contribution in [0.3, 0.4) is 0 Å². The number of carbonyl (C=O) groups excluding carboxylic acids is 1. The van der Waals surface area contributed by atoms with Crippen LogP contribution in [0.2, 0.25) is 0 Å². The highest BCUT2D eigenvalue weighted by atomic mass is 16.3. The Bertz CT molecular complexity index is 951. The second-order valence-electron chi connectivity index (χ2n) is 8.73. The molecule has 0 saturated carbocycles. The van der Waals surface area contributed by atoms with E-state index in [1.165, 1.54) is 0 Å². The first kappa shape index (κ1) is 17.4. The maximum Gasteiger partial charge on any atom is 0.278 e. The van der Waals surface area contributed by atoms with Crippen LogP contribution in [-0.4, -0.2) is 11.0 Å². The van der Waals surface area contributed by atoms with Crippen LogP contribution in [0, 0.1) is 0 Å². The number of para-hydroxylation sites is 1. The second-order valence-corrected chi connectivity index (χ2v) is 8.73. The van der Waals surface area contributed by atoms with Crippen molar-refractivity contribution in [1.82, 2.24) is 0 Å². The minimum Gasteiger partial charge on any atom is -0.507 e. The predicted molar refractivity (Wildman–Crippen MR) is 100 cm³/mol. The lowest BCUT2D eigenvalue weighted by Gasteiger charge is -2.28. The molecule has 1 aliphatic heterocycles. The normalized spacial score (nSPS) is 14.5. The fourth-order valence-corrected chi connectivity index (χ4v) is 3.26. The summed E-state index contributed by atoms with van der Waals surface area (Å²) in [4.78, 5) is 16.7. The van der Waals surface area contributed by atoms with Gasteiger partial charge in [0.25, 0.3) is 5.91 Å². The number of phenols is 1. The number of benzene rings is 2. The van der Waals surface area contributed by atoms with Crippen molar-refractivity contribution < 1.29 is 9.90 Å². The summed E-state index contributed by atoms with van der Waals surface area (Å²) in [7, 11) is 0. The van der Waals surface area contributed by atoms with E-state index in [0.29, 0.717) is 16.7 Å². The van der Waals surface area contributed by atoms with E-state index in [1.807, 2.05) is 36.4 Å². The Morgan fingerprint density at radius 1 is 0.880 bits per heavy atom. The summed E-state index contributed by atoms with van der Waals surface area (Å²) in [6, 6.07) is 11.5. The molecule has 3 heteroatoms. The molecule has 3 rings (SSSR count). The van der Waals surface area contributed by atoms with Gasteiger partial charge in [-0.15, -0.1) is 0 Å². The Hall–Kier alpha value is -2.42. The van der Waals surface area contributed by atoms with Crippen molar-refractivity contribution in [2.45, 2.75) is 52.4 Å². The van der Waals surface area contributed by atoms with Crippen LogP contribution < -0.4 is 10.6 Å². The third-order valence-electron chi connectivity index (χ3n) is 4.62. The number of aromatic hydroxyl groups is 1. The minimum absolute atomic E-state index is 0.216. The topological polar surface area (TPSA) is 49.7 Å². The Morgan fingerprint density at radius 3 is 1.92 bits per heavy atom. The average molecular weight is 335 g/mol. The first-order valence-electron chi connectivity index (χ1n) is 8.61. The van der Waals surface area contributed by atoms with Gasteiger partial charge in [0.1, 0.15) is 5.75 Å². The largest absolute Gasteiger partial charge is 0.507 e. The van der Waals surface area contributed by atoms with Crippen LogP contribution in [-0.2, 0) is 15.6 Å². The van der Waals surface area contributed by atoms with Crippen LogP contribution in [0.4, 0.5) is 0 Å². The summed E-state index contributed by atoms with van der Waals surface area (Å²) in [6.07, 6.45) is 0. The number of hydrogen-bond acceptors (Lipinski definition) is 2. The van der Waals surface area contributed by atoms with E-state index >= 15 is 0 Å². The van der Waals surface area contributed by atoms with Crippen molar-refractivity contribution in [3.63, 3.8) is 0 Å². The molecule has 1 aliphatic rings. The van der Waals surface area contributed by atoms with Gasteiger partial charge in [0, 0.05) is 16.3 Å². The van der Waals surface area contributed by atoms with Gasteiger partial charge in [-0.2, -0.15) is 0 Å². The highest BCUT2D eigenvalue weighted by Gasteiger charge is 2.29. The summed E-state index contributed by atoms with van der Waals surface area (Å²) in [5, 5.41) is 12.4. The first-order valence-corrected chi connectivity index (χ1v) is 8.61. The molecule has 0 saturated heterocycles. The fraction of sp³-hybridized carbons (Fsp3) is 0.364. The Labute approximate surface area is 148 Å². The van der Waals surface area contributed by atoms with E-state index in [2.05, 4.69) is 46.5 Å². The van der Waals surface area contributed by atoms with Gasteiger partial charge >= 0.3 is 0 Å². The van der Waals surface area contributed by atoms with E-state index in [4.69, 9.17) is 0 Å². The molecule has 1 amide bonds. The molecular formula is C22H25NO2. The second kappa shape index (κ2) is 5.55. The summed E-state index contributed by atoms with van der Waals surface area (Å²) < 4.78 is 0. The standard InChI is InChI=1S/C22H25NO2/c1-21(2,3)15-11-13(12-16(19(15)24)22(4,5)6)18-14-9-7-8-10-17(14)23-20(18)25/h7-12,24H,1-6H3. The van der Waals surface area contributed by atoms with Crippen molar-refractivity contribution >= 4 is 11.5 Å². The van der Waals surface area contributed by atoms with E-state index in [9.17, 15) is 9.90 Å². The predicted octanol–water partition coefficient (Wildman–Crippen LogP) is 3.35. The van der Waals surface area contributed by atoms with Gasteiger partial charge < -0.3 is 5.11 Å². The lowest BCUT2D eigenvalue weighted by Crippen LogP contribution is -2.23. The van der Waals surface area contributed by atoms with Crippen molar-refractivity contribution in [3.8, 4) is 5.75 Å². The smallest absolute Gasteiger partial charge is 0.278 e. The fourth-order valence-electron chi connectivity index (χ4n) is 3.26. The Balaban J connectivity index is 2.40. The molecular weight excluding hydrogens is 310 g/mol. The number of carbonyl (C=O) groups is 1. The summed E-state index contributed by atoms with van der Waals surface area (Å²) in [6.45, 7) is 12.4. The molecule has 130 valence electrons. The highest BCUT2D eigenvalue weighted by Crippen LogP contribution is 2.40. The molecule has 0 aliphatic carbocycles. The van der Waals surface area contributed by atoms with Gasteiger partial charge in [-0.3, -0.25) is 4.79 Å². The summed E-state index contributed by atoms with van der Waals surface area (Å²) in [5.74, 6) is 0.103. The molecule has 3 nitrogen and oxygen atoms in total. The lowest BCUT2D eigenvalue weighted by atomic mass is 9.77. The molecule has 0 bridgehead atoms. The van der Waals surface area contributed by atoms with Crippen molar-refractivity contribution in [2.75, 3.05) is 0 Å². The average Bonchev–Trinajstić information content (AvgIpc) is 2.81. The van der Waals surface area contributed by atoms with Crippen LogP contribution >= 0.6 is 0 Å². The molecule has 0 spiro atoms. The van der Waals surface area contributed by atoms with Crippen molar-refractivity contribution in [3.05, 3.63) is 63.7 Å². The first-order chi connectivity index (χ1) is 11.5. The van der Waals surface area contributed by atoms with E-state index in [1.54, 1.807) is 0 Å². The summed E-state index contributed by atoms with van der Waals surface area (Å²) in [5.41, 5.74) is 2.66. The zero-order chi connectivity index (χ0) is 18.6.